The standard InChI is InChI=1S/C58H40N4/c1-39-34-37-52(59-38-39)46-30-16-15-29-45(46)47-35-36-51-53(49-32-18-19-33-50(49)58(51,42-24-10-4-11-25-42)43-26-12-5-13-27-43)54(47)57-61-55(41-22-8-3-9-23-41)60-56(62-57)48-31-17-14-28-44(48)40-20-6-2-7-21-40/h2-38H,1H3. The number of hydrogen-bond acceptors (Lipinski definition) is 4. The molecule has 0 saturated heterocycles. The Morgan fingerprint density at radius 1 is 0.323 bits per heavy atom. The Kier molecular flexibility index (Phi) is 9.24. The molecule has 62 heavy (non-hydrogen) atoms. The molecule has 0 fully saturated rings. The van der Waals surface area contributed by atoms with Crippen LogP contribution in [0.4, 0.5) is 0 Å². The quantitative estimate of drug-likeness (QED) is 0.154. The second-order valence-corrected chi connectivity index (χ2v) is 15.8. The third kappa shape index (κ3) is 6.15. The van der Waals surface area contributed by atoms with Crippen molar-refractivity contribution < 1.29 is 0 Å². The van der Waals surface area contributed by atoms with Gasteiger partial charge in [-0.25, -0.2) is 15.0 Å². The SMILES string of the molecule is Cc1ccc(-c2ccccc2-c2ccc3c(c2-c2nc(-c4ccccc4)nc(-c4ccccc4-c4ccccc4)n2)-c2ccccc2C3(c2ccccc2)c2ccccc2)nc1. The maximum atomic E-state index is 5.59. The van der Waals surface area contributed by atoms with Gasteiger partial charge in [0, 0.05) is 28.5 Å². The topological polar surface area (TPSA) is 51.6 Å². The maximum absolute atomic E-state index is 5.59. The monoisotopic (exact) mass is 792 g/mol. The molecule has 8 aromatic carbocycles. The first kappa shape index (κ1) is 37.0. The summed E-state index contributed by atoms with van der Waals surface area (Å²) in [4.78, 5) is 21.3. The largest absolute Gasteiger partial charge is 0.256 e. The van der Waals surface area contributed by atoms with Crippen LogP contribution in [0.15, 0.2) is 225 Å². The molecular weight excluding hydrogens is 753 g/mol. The van der Waals surface area contributed by atoms with Gasteiger partial charge in [0.05, 0.1) is 11.1 Å². The molecule has 1 aliphatic rings. The van der Waals surface area contributed by atoms with Crippen molar-refractivity contribution in [2.45, 2.75) is 12.3 Å². The molecule has 4 nitrogen and oxygen atoms in total. The fraction of sp³-hybridized carbons (Fsp3) is 0.0345. The smallest absolute Gasteiger partial charge is 0.165 e. The lowest BCUT2D eigenvalue weighted by molar-refractivity contribution is 0.768. The first-order chi connectivity index (χ1) is 30.7. The third-order valence-corrected chi connectivity index (χ3v) is 12.2. The van der Waals surface area contributed by atoms with E-state index in [0.717, 1.165) is 66.9 Å². The van der Waals surface area contributed by atoms with Crippen LogP contribution in [-0.4, -0.2) is 19.9 Å². The molecule has 0 amide bonds. The molecule has 2 heterocycles. The van der Waals surface area contributed by atoms with E-state index < -0.39 is 5.41 Å². The zero-order chi connectivity index (χ0) is 41.5. The van der Waals surface area contributed by atoms with E-state index in [4.69, 9.17) is 19.9 Å². The van der Waals surface area contributed by atoms with E-state index in [1.54, 1.807) is 0 Å². The molecule has 0 N–H and O–H groups in total. The number of hydrogen-bond donors (Lipinski definition) is 0. The summed E-state index contributed by atoms with van der Waals surface area (Å²) in [6, 6.07) is 77.3. The zero-order valence-electron chi connectivity index (χ0n) is 34.2. The fourth-order valence-corrected chi connectivity index (χ4v) is 9.43. The van der Waals surface area contributed by atoms with Crippen LogP contribution in [0.2, 0.25) is 0 Å². The van der Waals surface area contributed by atoms with E-state index in [1.807, 2.05) is 30.5 Å². The first-order valence-corrected chi connectivity index (χ1v) is 21.1. The molecule has 0 atom stereocenters. The summed E-state index contributed by atoms with van der Waals surface area (Å²) in [5, 5.41) is 0. The Balaban J connectivity index is 1.29. The third-order valence-electron chi connectivity index (χ3n) is 12.2. The summed E-state index contributed by atoms with van der Waals surface area (Å²) in [6.07, 6.45) is 1.94. The molecule has 10 aromatic rings. The molecule has 2 aromatic heterocycles. The number of rotatable bonds is 8. The molecule has 0 bridgehead atoms. The summed E-state index contributed by atoms with van der Waals surface area (Å²) >= 11 is 0. The van der Waals surface area contributed by atoms with E-state index >= 15 is 0 Å². The van der Waals surface area contributed by atoms with Gasteiger partial charge in [0.15, 0.2) is 17.5 Å². The fourth-order valence-electron chi connectivity index (χ4n) is 9.43. The number of pyridine rings is 1. The number of fused-ring (bicyclic) bond motifs is 3. The number of aromatic nitrogens is 4. The van der Waals surface area contributed by atoms with Gasteiger partial charge in [0.2, 0.25) is 0 Å². The van der Waals surface area contributed by atoms with Crippen molar-refractivity contribution in [3.05, 3.63) is 252 Å². The van der Waals surface area contributed by atoms with Crippen LogP contribution in [0.3, 0.4) is 0 Å². The highest BCUT2D eigenvalue weighted by Crippen LogP contribution is 2.59. The lowest BCUT2D eigenvalue weighted by Crippen LogP contribution is -2.28. The number of benzene rings is 8. The van der Waals surface area contributed by atoms with E-state index in [9.17, 15) is 0 Å². The Bertz CT molecular complexity index is 3180. The Morgan fingerprint density at radius 2 is 0.839 bits per heavy atom. The summed E-state index contributed by atoms with van der Waals surface area (Å²) in [6.45, 7) is 2.07. The molecule has 0 radical (unpaired) electrons. The minimum atomic E-state index is -0.627. The predicted molar refractivity (Wildman–Crippen MR) is 252 cm³/mol. The van der Waals surface area contributed by atoms with Crippen LogP contribution in [0.1, 0.15) is 27.8 Å². The minimum Gasteiger partial charge on any atom is -0.256 e. The van der Waals surface area contributed by atoms with Gasteiger partial charge in [-0.1, -0.05) is 212 Å². The second-order valence-electron chi connectivity index (χ2n) is 15.8. The van der Waals surface area contributed by atoms with Gasteiger partial charge in [-0.05, 0) is 74.2 Å². The first-order valence-electron chi connectivity index (χ1n) is 21.1. The van der Waals surface area contributed by atoms with Crippen LogP contribution in [-0.2, 0) is 5.41 Å². The molecule has 4 heteroatoms. The van der Waals surface area contributed by atoms with Crippen LogP contribution in [0.25, 0.3) is 78.8 Å². The lowest BCUT2D eigenvalue weighted by Gasteiger charge is -2.34. The van der Waals surface area contributed by atoms with Crippen molar-refractivity contribution in [2.24, 2.45) is 0 Å². The van der Waals surface area contributed by atoms with Gasteiger partial charge < -0.3 is 0 Å². The van der Waals surface area contributed by atoms with Crippen LogP contribution < -0.4 is 0 Å². The zero-order valence-corrected chi connectivity index (χ0v) is 34.2. The molecule has 11 rings (SSSR count). The highest BCUT2D eigenvalue weighted by atomic mass is 15.0. The minimum absolute atomic E-state index is 0.599. The van der Waals surface area contributed by atoms with Crippen molar-refractivity contribution in [3.8, 4) is 78.8 Å². The van der Waals surface area contributed by atoms with Gasteiger partial charge in [0.25, 0.3) is 0 Å². The van der Waals surface area contributed by atoms with Crippen LogP contribution in [0.5, 0.6) is 0 Å². The molecular formula is C58H40N4. The average Bonchev–Trinajstić information content (AvgIpc) is 3.66. The van der Waals surface area contributed by atoms with Gasteiger partial charge in [0.1, 0.15) is 0 Å². The van der Waals surface area contributed by atoms with Crippen molar-refractivity contribution >= 4 is 0 Å². The second kappa shape index (κ2) is 15.5. The Morgan fingerprint density at radius 3 is 1.48 bits per heavy atom. The van der Waals surface area contributed by atoms with E-state index in [2.05, 4.69) is 201 Å². The lowest BCUT2D eigenvalue weighted by atomic mass is 9.67. The molecule has 292 valence electrons. The molecule has 1 aliphatic carbocycles. The van der Waals surface area contributed by atoms with Crippen molar-refractivity contribution in [1.29, 1.82) is 0 Å². The van der Waals surface area contributed by atoms with Gasteiger partial charge in [-0.2, -0.15) is 0 Å². The highest BCUT2D eigenvalue weighted by Gasteiger charge is 2.47. The van der Waals surface area contributed by atoms with E-state index in [1.165, 1.54) is 22.3 Å². The van der Waals surface area contributed by atoms with Crippen LogP contribution >= 0.6 is 0 Å². The summed E-state index contributed by atoms with van der Waals surface area (Å²) in [7, 11) is 0. The van der Waals surface area contributed by atoms with E-state index in [0.29, 0.717) is 17.5 Å². The average molecular weight is 793 g/mol. The van der Waals surface area contributed by atoms with Crippen molar-refractivity contribution in [3.63, 3.8) is 0 Å². The summed E-state index contributed by atoms with van der Waals surface area (Å²) in [5.41, 5.74) is 16.4. The molecule has 0 saturated carbocycles. The highest BCUT2D eigenvalue weighted by molar-refractivity contribution is 6.02. The van der Waals surface area contributed by atoms with Crippen LogP contribution in [0, 0.1) is 6.92 Å². The van der Waals surface area contributed by atoms with E-state index in [-0.39, 0.29) is 0 Å². The Labute approximate surface area is 362 Å². The number of aryl methyl sites for hydroxylation is 1. The van der Waals surface area contributed by atoms with Gasteiger partial charge in [-0.3, -0.25) is 4.98 Å². The Hall–Kier alpha value is -8.08. The summed E-state index contributed by atoms with van der Waals surface area (Å²) in [5.74, 6) is 1.81. The van der Waals surface area contributed by atoms with Crippen molar-refractivity contribution in [1.82, 2.24) is 19.9 Å². The molecule has 0 spiro atoms. The maximum Gasteiger partial charge on any atom is 0.165 e. The molecule has 0 unspecified atom stereocenters. The van der Waals surface area contributed by atoms with Gasteiger partial charge >= 0.3 is 0 Å². The summed E-state index contributed by atoms with van der Waals surface area (Å²) < 4.78 is 0. The predicted octanol–water partition coefficient (Wildman–Crippen LogP) is 13.9. The molecule has 0 aliphatic heterocycles. The number of nitrogens with zero attached hydrogens (tertiary/aromatic N) is 4. The normalized spacial score (nSPS) is 12.4. The van der Waals surface area contributed by atoms with Crippen molar-refractivity contribution in [2.75, 3.05) is 0 Å². The van der Waals surface area contributed by atoms with Gasteiger partial charge in [-0.15, -0.1) is 0 Å².